The van der Waals surface area contributed by atoms with Gasteiger partial charge in [0.15, 0.2) is 0 Å². The number of carbonyl (C=O) groups excluding carboxylic acids is 2. The normalized spacial score (nSPS) is 21.7. The Balaban J connectivity index is 1.26. The summed E-state index contributed by atoms with van der Waals surface area (Å²) in [5, 5.41) is 2.98. The van der Waals surface area contributed by atoms with Gasteiger partial charge < -0.3 is 15.0 Å². The summed E-state index contributed by atoms with van der Waals surface area (Å²) in [6.45, 7) is 2.48. The number of nitrogens with one attached hydrogen (secondary N) is 1. The second kappa shape index (κ2) is 7.30. The van der Waals surface area contributed by atoms with Crippen molar-refractivity contribution in [3.63, 3.8) is 0 Å². The van der Waals surface area contributed by atoms with Gasteiger partial charge in [0.25, 0.3) is 11.8 Å². The van der Waals surface area contributed by atoms with Crippen LogP contribution in [0.5, 0.6) is 0 Å². The second-order valence-electron chi connectivity index (χ2n) is 6.98. The van der Waals surface area contributed by atoms with Crippen molar-refractivity contribution >= 4 is 11.8 Å². The Kier molecular flexibility index (Phi) is 4.71. The molecule has 2 aromatic carbocycles. The van der Waals surface area contributed by atoms with Crippen LogP contribution in [0.25, 0.3) is 0 Å². The van der Waals surface area contributed by atoms with Gasteiger partial charge in [0.2, 0.25) is 0 Å². The van der Waals surface area contributed by atoms with E-state index in [9.17, 15) is 9.59 Å². The number of ether oxygens (including phenoxy) is 1. The van der Waals surface area contributed by atoms with Gasteiger partial charge in [0, 0.05) is 36.7 Å². The lowest BCUT2D eigenvalue weighted by Crippen LogP contribution is -2.33. The van der Waals surface area contributed by atoms with Gasteiger partial charge in [-0.1, -0.05) is 36.4 Å². The summed E-state index contributed by atoms with van der Waals surface area (Å²) in [7, 11) is 0. The summed E-state index contributed by atoms with van der Waals surface area (Å²) in [4.78, 5) is 26.4. The zero-order valence-corrected chi connectivity index (χ0v) is 14.6. The molecule has 2 amide bonds. The summed E-state index contributed by atoms with van der Waals surface area (Å²) >= 11 is 0. The topological polar surface area (TPSA) is 58.6 Å². The van der Waals surface area contributed by atoms with Crippen molar-refractivity contribution in [2.75, 3.05) is 19.7 Å². The van der Waals surface area contributed by atoms with Gasteiger partial charge >= 0.3 is 0 Å². The molecule has 134 valence electrons. The number of amides is 2. The van der Waals surface area contributed by atoms with E-state index < -0.39 is 0 Å². The Morgan fingerprint density at radius 3 is 2.69 bits per heavy atom. The van der Waals surface area contributed by atoms with Crippen LogP contribution in [0.1, 0.15) is 32.7 Å². The number of benzene rings is 2. The van der Waals surface area contributed by atoms with Gasteiger partial charge in [-0.3, -0.25) is 9.59 Å². The Morgan fingerprint density at radius 1 is 1.12 bits per heavy atom. The average Bonchev–Trinajstić information content (AvgIpc) is 3.26. The lowest BCUT2D eigenvalue weighted by atomic mass is 10.1. The molecular weight excluding hydrogens is 328 g/mol. The molecule has 2 unspecified atom stereocenters. The number of carbonyl (C=O) groups is 2. The molecule has 1 fully saturated rings. The molecule has 2 heterocycles. The van der Waals surface area contributed by atoms with Gasteiger partial charge in [-0.2, -0.15) is 0 Å². The van der Waals surface area contributed by atoms with E-state index in [1.165, 1.54) is 0 Å². The molecule has 26 heavy (non-hydrogen) atoms. The first kappa shape index (κ1) is 16.8. The van der Waals surface area contributed by atoms with Crippen molar-refractivity contribution in [3.8, 4) is 0 Å². The van der Waals surface area contributed by atoms with E-state index in [0.29, 0.717) is 31.8 Å². The first-order valence-corrected chi connectivity index (χ1v) is 9.03. The quantitative estimate of drug-likeness (QED) is 0.901. The molecule has 0 aromatic heterocycles. The zero-order valence-electron chi connectivity index (χ0n) is 14.6. The number of fused-ring (bicyclic) bond motifs is 1. The highest BCUT2D eigenvalue weighted by Gasteiger charge is 2.32. The third kappa shape index (κ3) is 3.48. The minimum Gasteiger partial charge on any atom is -0.376 e. The molecule has 4 rings (SSSR count). The molecule has 5 nitrogen and oxygen atoms in total. The molecule has 0 radical (unpaired) electrons. The predicted octanol–water partition coefficient (Wildman–Crippen LogP) is 2.48. The molecular formula is C21H22N2O3. The highest BCUT2D eigenvalue weighted by molar-refractivity contribution is 5.98. The fourth-order valence-electron chi connectivity index (χ4n) is 3.69. The maximum Gasteiger partial charge on any atom is 0.254 e. The highest BCUT2D eigenvalue weighted by atomic mass is 16.5. The number of rotatable bonds is 5. The van der Waals surface area contributed by atoms with Crippen LogP contribution in [0.15, 0.2) is 54.6 Å². The molecule has 2 aliphatic heterocycles. The minimum atomic E-state index is -0.0563. The molecule has 1 N–H and O–H groups in total. The first-order valence-electron chi connectivity index (χ1n) is 9.03. The van der Waals surface area contributed by atoms with Gasteiger partial charge in [0.05, 0.1) is 12.7 Å². The maximum atomic E-state index is 12.5. The Morgan fingerprint density at radius 2 is 1.88 bits per heavy atom. The summed E-state index contributed by atoms with van der Waals surface area (Å²) in [5.74, 6) is 0.317. The summed E-state index contributed by atoms with van der Waals surface area (Å²) in [5.41, 5.74) is 2.56. The molecule has 2 atom stereocenters. The van der Waals surface area contributed by atoms with E-state index in [-0.39, 0.29) is 23.8 Å². The van der Waals surface area contributed by atoms with Gasteiger partial charge in [-0.25, -0.2) is 0 Å². The third-order valence-electron chi connectivity index (χ3n) is 5.07. The number of nitrogens with zero attached hydrogens (tertiary/aromatic N) is 1. The fourth-order valence-corrected chi connectivity index (χ4v) is 3.69. The fraction of sp³-hybridized carbons (Fsp3) is 0.333. The lowest BCUT2D eigenvalue weighted by molar-refractivity contribution is 0.0537. The Bertz CT molecular complexity index is 806. The zero-order chi connectivity index (χ0) is 17.9. The molecule has 0 saturated carbocycles. The smallest absolute Gasteiger partial charge is 0.254 e. The summed E-state index contributed by atoms with van der Waals surface area (Å²) in [6, 6.07) is 17.0. The van der Waals surface area contributed by atoms with E-state index in [0.717, 1.165) is 17.5 Å². The third-order valence-corrected chi connectivity index (χ3v) is 5.07. The van der Waals surface area contributed by atoms with Crippen molar-refractivity contribution < 1.29 is 14.3 Å². The van der Waals surface area contributed by atoms with Crippen molar-refractivity contribution in [2.24, 2.45) is 5.92 Å². The molecule has 5 heteroatoms. The molecule has 0 bridgehead atoms. The van der Waals surface area contributed by atoms with E-state index in [2.05, 4.69) is 5.32 Å². The lowest BCUT2D eigenvalue weighted by Gasteiger charge is -2.19. The van der Waals surface area contributed by atoms with Crippen LogP contribution in [0, 0.1) is 5.92 Å². The van der Waals surface area contributed by atoms with E-state index in [1.807, 2.05) is 47.4 Å². The SMILES string of the molecule is O=C(NCC1COC(CN2Cc3ccccc3C2=O)C1)c1ccccc1. The highest BCUT2D eigenvalue weighted by Crippen LogP contribution is 2.26. The van der Waals surface area contributed by atoms with Crippen molar-refractivity contribution in [1.29, 1.82) is 0 Å². The van der Waals surface area contributed by atoms with Crippen LogP contribution in [0.3, 0.4) is 0 Å². The molecule has 2 aliphatic rings. The standard InChI is InChI=1S/C21H22N2O3/c24-20(16-6-2-1-3-7-16)22-11-15-10-18(26-14-15)13-23-12-17-8-4-5-9-19(17)21(23)25/h1-9,15,18H,10-14H2,(H,22,24). The Hall–Kier alpha value is -2.66. The van der Waals surface area contributed by atoms with Crippen molar-refractivity contribution in [2.45, 2.75) is 19.1 Å². The second-order valence-corrected chi connectivity index (χ2v) is 6.98. The van der Waals surface area contributed by atoms with E-state index in [4.69, 9.17) is 4.74 Å². The largest absolute Gasteiger partial charge is 0.376 e. The van der Waals surface area contributed by atoms with Gasteiger partial charge in [-0.05, 0) is 30.2 Å². The van der Waals surface area contributed by atoms with Gasteiger partial charge in [-0.15, -0.1) is 0 Å². The van der Waals surface area contributed by atoms with E-state index >= 15 is 0 Å². The van der Waals surface area contributed by atoms with Gasteiger partial charge in [0.1, 0.15) is 0 Å². The molecule has 0 spiro atoms. The van der Waals surface area contributed by atoms with Crippen molar-refractivity contribution in [3.05, 3.63) is 71.3 Å². The molecule has 2 aromatic rings. The monoisotopic (exact) mass is 350 g/mol. The Labute approximate surface area is 153 Å². The maximum absolute atomic E-state index is 12.5. The molecule has 0 aliphatic carbocycles. The van der Waals surface area contributed by atoms with Crippen LogP contribution in [0.4, 0.5) is 0 Å². The number of hydrogen-bond donors (Lipinski definition) is 1. The minimum absolute atomic E-state index is 0.0342. The molecule has 1 saturated heterocycles. The van der Waals surface area contributed by atoms with Crippen molar-refractivity contribution in [1.82, 2.24) is 10.2 Å². The van der Waals surface area contributed by atoms with Crippen LogP contribution >= 0.6 is 0 Å². The summed E-state index contributed by atoms with van der Waals surface area (Å²) < 4.78 is 5.87. The summed E-state index contributed by atoms with van der Waals surface area (Å²) in [6.07, 6.45) is 0.891. The van der Waals surface area contributed by atoms with Crippen LogP contribution in [-0.2, 0) is 11.3 Å². The van der Waals surface area contributed by atoms with Crippen LogP contribution in [-0.4, -0.2) is 42.5 Å². The average molecular weight is 350 g/mol. The first-order chi connectivity index (χ1) is 12.7. The van der Waals surface area contributed by atoms with Crippen LogP contribution < -0.4 is 5.32 Å². The van der Waals surface area contributed by atoms with Crippen LogP contribution in [0.2, 0.25) is 0 Å². The predicted molar refractivity (Wildman–Crippen MR) is 97.8 cm³/mol. The number of hydrogen-bond acceptors (Lipinski definition) is 3. The van der Waals surface area contributed by atoms with E-state index in [1.54, 1.807) is 12.1 Å².